The minimum Gasteiger partial charge on any atom is -0.396 e. The zero-order valence-electron chi connectivity index (χ0n) is 8.82. The van der Waals surface area contributed by atoms with E-state index >= 15 is 0 Å². The quantitative estimate of drug-likeness (QED) is 0.773. The van der Waals surface area contributed by atoms with Crippen molar-refractivity contribution in [3.8, 4) is 0 Å². The van der Waals surface area contributed by atoms with E-state index in [1.54, 1.807) is 0 Å². The van der Waals surface area contributed by atoms with Gasteiger partial charge in [-0.1, -0.05) is 46.6 Å². The van der Waals surface area contributed by atoms with Crippen molar-refractivity contribution >= 4 is 22.0 Å². The highest BCUT2D eigenvalue weighted by Gasteiger charge is 1.88. The molecule has 1 aromatic carbocycles. The van der Waals surface area contributed by atoms with Crippen LogP contribution in [0.1, 0.15) is 31.2 Å². The maximum atomic E-state index is 8.61. The highest BCUT2D eigenvalue weighted by atomic mass is 79.9. The minimum absolute atomic E-state index is 0.315. The van der Waals surface area contributed by atoms with Crippen molar-refractivity contribution in [2.45, 2.75) is 25.7 Å². The molecule has 0 aliphatic rings. The average Bonchev–Trinajstić information content (AvgIpc) is 2.23. The molecule has 1 rings (SSSR count). The lowest BCUT2D eigenvalue weighted by atomic mass is 10.1. The molecule has 0 spiro atoms. The Kier molecular flexibility index (Phi) is 6.37. The van der Waals surface area contributed by atoms with Crippen LogP contribution in [-0.2, 0) is 0 Å². The van der Waals surface area contributed by atoms with Crippen molar-refractivity contribution in [2.75, 3.05) is 6.61 Å². The fourth-order valence-corrected chi connectivity index (χ4v) is 1.80. The molecule has 1 nitrogen and oxygen atoms in total. The van der Waals surface area contributed by atoms with Crippen molar-refractivity contribution in [2.24, 2.45) is 0 Å². The van der Waals surface area contributed by atoms with Gasteiger partial charge in [0.1, 0.15) is 0 Å². The van der Waals surface area contributed by atoms with Crippen molar-refractivity contribution in [3.05, 3.63) is 40.4 Å². The lowest BCUT2D eigenvalue weighted by molar-refractivity contribution is 0.283. The molecule has 0 fully saturated rings. The fraction of sp³-hybridized carbons (Fsp3) is 0.385. The van der Waals surface area contributed by atoms with Crippen LogP contribution >= 0.6 is 15.9 Å². The van der Waals surface area contributed by atoms with Crippen LogP contribution in [0.4, 0.5) is 0 Å². The molecule has 82 valence electrons. The second-order valence-electron chi connectivity index (χ2n) is 3.53. The van der Waals surface area contributed by atoms with Crippen molar-refractivity contribution < 1.29 is 5.11 Å². The van der Waals surface area contributed by atoms with E-state index < -0.39 is 0 Å². The summed E-state index contributed by atoms with van der Waals surface area (Å²) < 4.78 is 1.12. The Morgan fingerprint density at radius 2 is 2.07 bits per heavy atom. The second-order valence-corrected chi connectivity index (χ2v) is 4.45. The van der Waals surface area contributed by atoms with Gasteiger partial charge in [-0.15, -0.1) is 0 Å². The maximum absolute atomic E-state index is 8.61. The van der Waals surface area contributed by atoms with Gasteiger partial charge >= 0.3 is 0 Å². The first-order chi connectivity index (χ1) is 7.33. The maximum Gasteiger partial charge on any atom is 0.0431 e. The monoisotopic (exact) mass is 268 g/mol. The Hall–Kier alpha value is -0.600. The van der Waals surface area contributed by atoms with E-state index in [9.17, 15) is 0 Å². The van der Waals surface area contributed by atoms with Crippen LogP contribution in [0.15, 0.2) is 34.8 Å². The SMILES string of the molecule is OCCCCCC=Cc1cccc(Br)c1. The summed E-state index contributed by atoms with van der Waals surface area (Å²) in [6, 6.07) is 8.26. The summed E-state index contributed by atoms with van der Waals surface area (Å²) in [5, 5.41) is 8.61. The van der Waals surface area contributed by atoms with Crippen molar-refractivity contribution in [1.82, 2.24) is 0 Å². The average molecular weight is 269 g/mol. The Morgan fingerprint density at radius 3 is 2.80 bits per heavy atom. The molecule has 0 aliphatic heterocycles. The largest absolute Gasteiger partial charge is 0.396 e. The number of hydrogen-bond donors (Lipinski definition) is 1. The smallest absolute Gasteiger partial charge is 0.0431 e. The zero-order chi connectivity index (χ0) is 10.9. The van der Waals surface area contributed by atoms with Crippen LogP contribution in [0.25, 0.3) is 6.08 Å². The van der Waals surface area contributed by atoms with Gasteiger partial charge < -0.3 is 5.11 Å². The number of rotatable bonds is 6. The summed E-state index contributed by atoms with van der Waals surface area (Å²) >= 11 is 3.44. The summed E-state index contributed by atoms with van der Waals surface area (Å²) in [5.74, 6) is 0. The van der Waals surface area contributed by atoms with Gasteiger partial charge in [0.15, 0.2) is 0 Å². The molecule has 0 aliphatic carbocycles. The van der Waals surface area contributed by atoms with E-state index in [2.05, 4.69) is 40.2 Å². The number of aliphatic hydroxyl groups excluding tert-OH is 1. The molecule has 0 radical (unpaired) electrons. The van der Waals surface area contributed by atoms with Crippen LogP contribution in [0.2, 0.25) is 0 Å². The van der Waals surface area contributed by atoms with E-state index in [0.29, 0.717) is 6.61 Å². The number of aliphatic hydroxyl groups is 1. The number of unbranched alkanes of at least 4 members (excludes halogenated alkanes) is 3. The minimum atomic E-state index is 0.315. The zero-order valence-corrected chi connectivity index (χ0v) is 10.4. The van der Waals surface area contributed by atoms with Crippen LogP contribution in [0.3, 0.4) is 0 Å². The molecular formula is C13H17BrO. The summed E-state index contributed by atoms with van der Waals surface area (Å²) in [7, 11) is 0. The third-order valence-electron chi connectivity index (χ3n) is 2.19. The molecule has 0 heterocycles. The Labute approximate surface area is 100.0 Å². The van der Waals surface area contributed by atoms with E-state index in [4.69, 9.17) is 5.11 Å². The Morgan fingerprint density at radius 1 is 1.20 bits per heavy atom. The second kappa shape index (κ2) is 7.66. The summed E-state index contributed by atoms with van der Waals surface area (Å²) in [6.45, 7) is 0.315. The molecular weight excluding hydrogens is 252 g/mol. The third kappa shape index (κ3) is 5.75. The van der Waals surface area contributed by atoms with Gasteiger partial charge in [-0.25, -0.2) is 0 Å². The molecule has 0 amide bonds. The first-order valence-electron chi connectivity index (χ1n) is 5.36. The topological polar surface area (TPSA) is 20.2 Å². The van der Waals surface area contributed by atoms with Crippen LogP contribution in [0, 0.1) is 0 Å². The lowest BCUT2D eigenvalue weighted by Crippen LogP contribution is -1.81. The standard InChI is InChI=1S/C13H17BrO/c14-13-9-6-8-12(11-13)7-4-2-1-3-5-10-15/h4,6-9,11,15H,1-3,5,10H2. The van der Waals surface area contributed by atoms with Gasteiger partial charge in [0.25, 0.3) is 0 Å². The molecule has 0 unspecified atom stereocenters. The fourth-order valence-electron chi connectivity index (χ4n) is 1.38. The summed E-state index contributed by atoms with van der Waals surface area (Å²) in [5.41, 5.74) is 1.23. The molecule has 0 bridgehead atoms. The Bertz CT molecular complexity index is 307. The highest BCUT2D eigenvalue weighted by Crippen LogP contribution is 2.13. The molecule has 1 N–H and O–H groups in total. The third-order valence-corrected chi connectivity index (χ3v) is 2.68. The van der Waals surface area contributed by atoms with Crippen LogP contribution < -0.4 is 0 Å². The summed E-state index contributed by atoms with van der Waals surface area (Å²) in [6.07, 6.45) is 8.62. The van der Waals surface area contributed by atoms with E-state index in [-0.39, 0.29) is 0 Å². The molecule has 0 saturated heterocycles. The molecule has 2 heteroatoms. The van der Waals surface area contributed by atoms with Crippen molar-refractivity contribution in [3.63, 3.8) is 0 Å². The normalized spacial score (nSPS) is 11.1. The van der Waals surface area contributed by atoms with E-state index in [0.717, 1.165) is 30.2 Å². The molecule has 15 heavy (non-hydrogen) atoms. The summed E-state index contributed by atoms with van der Waals surface area (Å²) in [4.78, 5) is 0. The Balaban J connectivity index is 2.26. The van der Waals surface area contributed by atoms with Crippen LogP contribution in [0.5, 0.6) is 0 Å². The molecule has 0 atom stereocenters. The molecule has 0 aromatic heterocycles. The van der Waals surface area contributed by atoms with Gasteiger partial charge in [0.05, 0.1) is 0 Å². The number of hydrogen-bond acceptors (Lipinski definition) is 1. The number of halogens is 1. The van der Waals surface area contributed by atoms with Gasteiger partial charge in [0, 0.05) is 11.1 Å². The predicted octanol–water partition coefficient (Wildman–Crippen LogP) is 4.02. The van der Waals surface area contributed by atoms with Gasteiger partial charge in [-0.2, -0.15) is 0 Å². The molecule has 1 aromatic rings. The van der Waals surface area contributed by atoms with E-state index in [1.165, 1.54) is 5.56 Å². The van der Waals surface area contributed by atoms with E-state index in [1.807, 2.05) is 12.1 Å². The van der Waals surface area contributed by atoms with Gasteiger partial charge in [0.2, 0.25) is 0 Å². The van der Waals surface area contributed by atoms with Gasteiger partial charge in [-0.05, 0) is 37.0 Å². The predicted molar refractivity (Wildman–Crippen MR) is 68.7 cm³/mol. The highest BCUT2D eigenvalue weighted by molar-refractivity contribution is 9.10. The molecule has 0 saturated carbocycles. The first-order valence-corrected chi connectivity index (χ1v) is 6.15. The first kappa shape index (κ1) is 12.5. The van der Waals surface area contributed by atoms with Gasteiger partial charge in [-0.3, -0.25) is 0 Å². The number of allylic oxidation sites excluding steroid dienone is 1. The van der Waals surface area contributed by atoms with Crippen LogP contribution in [-0.4, -0.2) is 11.7 Å². The number of benzene rings is 1. The van der Waals surface area contributed by atoms with Crippen molar-refractivity contribution in [1.29, 1.82) is 0 Å². The lowest BCUT2D eigenvalue weighted by Gasteiger charge is -1.95.